The highest BCUT2D eigenvalue weighted by Gasteiger charge is 2.54. The van der Waals surface area contributed by atoms with Crippen LogP contribution in [-0.4, -0.2) is 62.7 Å². The van der Waals surface area contributed by atoms with Crippen LogP contribution in [0.5, 0.6) is 0 Å². The lowest BCUT2D eigenvalue weighted by molar-refractivity contribution is -0.146. The van der Waals surface area contributed by atoms with Crippen LogP contribution in [0.4, 0.5) is 0 Å². The van der Waals surface area contributed by atoms with E-state index in [-0.39, 0.29) is 17.2 Å². The molecular formula is C22H37N3O3. The van der Waals surface area contributed by atoms with Gasteiger partial charge in [0.25, 0.3) is 0 Å². The fourth-order valence-electron chi connectivity index (χ4n) is 6.47. The lowest BCUT2D eigenvalue weighted by Gasteiger charge is -2.55. The predicted octanol–water partition coefficient (Wildman–Crippen LogP) is 1.94. The van der Waals surface area contributed by atoms with Crippen LogP contribution in [0.3, 0.4) is 0 Å². The average Bonchev–Trinajstić information content (AvgIpc) is 2.67. The molecule has 4 bridgehead atoms. The lowest BCUT2D eigenvalue weighted by atomic mass is 9.49. The molecule has 6 heteroatoms. The van der Waals surface area contributed by atoms with Crippen LogP contribution < -0.4 is 10.6 Å². The first-order valence-corrected chi connectivity index (χ1v) is 11.5. The molecule has 0 aromatic heterocycles. The van der Waals surface area contributed by atoms with E-state index in [1.54, 1.807) is 0 Å². The van der Waals surface area contributed by atoms with Gasteiger partial charge in [0.2, 0.25) is 11.8 Å². The van der Waals surface area contributed by atoms with Gasteiger partial charge >= 0.3 is 0 Å². The van der Waals surface area contributed by atoms with E-state index in [0.29, 0.717) is 13.0 Å². The summed E-state index contributed by atoms with van der Waals surface area (Å²) in [6.45, 7) is 6.01. The van der Waals surface area contributed by atoms with Gasteiger partial charge in [-0.3, -0.25) is 14.5 Å². The largest absolute Gasteiger partial charge is 0.379 e. The Bertz CT molecular complexity index is 524. The van der Waals surface area contributed by atoms with E-state index in [4.69, 9.17) is 4.74 Å². The molecule has 28 heavy (non-hydrogen) atoms. The van der Waals surface area contributed by atoms with Crippen LogP contribution in [-0.2, 0) is 14.3 Å². The minimum Gasteiger partial charge on any atom is -0.379 e. The van der Waals surface area contributed by atoms with E-state index in [0.717, 1.165) is 89.3 Å². The maximum absolute atomic E-state index is 12.9. The summed E-state index contributed by atoms with van der Waals surface area (Å²) in [4.78, 5) is 27.3. The average molecular weight is 392 g/mol. The van der Waals surface area contributed by atoms with Crippen LogP contribution >= 0.6 is 0 Å². The normalized spacial score (nSPS) is 34.4. The number of rotatable bonds is 9. The molecule has 1 aliphatic heterocycles. The molecule has 4 aliphatic carbocycles. The molecule has 2 N–H and O–H groups in total. The van der Waals surface area contributed by atoms with E-state index in [1.165, 1.54) is 19.3 Å². The van der Waals surface area contributed by atoms with Crippen molar-refractivity contribution in [3.8, 4) is 0 Å². The highest BCUT2D eigenvalue weighted by atomic mass is 16.5. The van der Waals surface area contributed by atoms with E-state index in [9.17, 15) is 9.59 Å². The van der Waals surface area contributed by atoms with Gasteiger partial charge in [-0.2, -0.15) is 0 Å². The fourth-order valence-corrected chi connectivity index (χ4v) is 6.47. The van der Waals surface area contributed by atoms with Gasteiger partial charge in [-0.1, -0.05) is 0 Å². The number of carbonyl (C=O) groups excluding carboxylic acids is 2. The second kappa shape index (κ2) is 9.12. The topological polar surface area (TPSA) is 70.7 Å². The van der Waals surface area contributed by atoms with Gasteiger partial charge in [-0.25, -0.2) is 0 Å². The van der Waals surface area contributed by atoms with Crippen LogP contribution in [0, 0.1) is 23.2 Å². The monoisotopic (exact) mass is 391 g/mol. The van der Waals surface area contributed by atoms with Gasteiger partial charge in [0.1, 0.15) is 0 Å². The summed E-state index contributed by atoms with van der Waals surface area (Å²) in [5.41, 5.74) is -0.106. The molecule has 6 nitrogen and oxygen atoms in total. The Morgan fingerprint density at radius 2 is 1.54 bits per heavy atom. The van der Waals surface area contributed by atoms with Crippen molar-refractivity contribution in [1.82, 2.24) is 15.5 Å². The minimum absolute atomic E-state index is 0.0529. The molecular weight excluding hydrogens is 354 g/mol. The lowest BCUT2D eigenvalue weighted by Crippen LogP contribution is -2.53. The molecule has 0 aromatic rings. The highest BCUT2D eigenvalue weighted by molar-refractivity contribution is 5.84. The first kappa shape index (κ1) is 20.1. The second-order valence-corrected chi connectivity index (χ2v) is 9.71. The number of morpholine rings is 1. The van der Waals surface area contributed by atoms with Crippen molar-refractivity contribution in [1.29, 1.82) is 0 Å². The van der Waals surface area contributed by atoms with Crippen molar-refractivity contribution < 1.29 is 14.3 Å². The number of carbonyl (C=O) groups is 2. The predicted molar refractivity (Wildman–Crippen MR) is 108 cm³/mol. The third-order valence-electron chi connectivity index (χ3n) is 7.48. The molecule has 1 heterocycles. The Balaban J connectivity index is 1.07. The molecule has 5 aliphatic rings. The standard InChI is InChI=1S/C22H37N3O3/c26-20(23-4-1-2-6-25-7-9-28-10-8-25)3-5-24-21(27)22-14-17-11-18(15-22)13-19(12-17)16-22/h17-19H,1-16H2,(H,23,26)(H,24,27). The molecule has 0 aromatic carbocycles. The van der Waals surface area contributed by atoms with E-state index >= 15 is 0 Å². The Morgan fingerprint density at radius 1 is 0.893 bits per heavy atom. The summed E-state index contributed by atoms with van der Waals surface area (Å²) >= 11 is 0. The number of hydrogen-bond donors (Lipinski definition) is 2. The van der Waals surface area contributed by atoms with Gasteiger partial charge in [0.05, 0.1) is 13.2 Å². The zero-order chi connectivity index (χ0) is 19.4. The maximum Gasteiger partial charge on any atom is 0.226 e. The first-order chi connectivity index (χ1) is 13.6. The summed E-state index contributed by atoms with van der Waals surface area (Å²) < 4.78 is 5.35. The molecule has 158 valence electrons. The Morgan fingerprint density at radius 3 is 2.18 bits per heavy atom. The Hall–Kier alpha value is -1.14. The Labute approximate surface area is 169 Å². The van der Waals surface area contributed by atoms with Crippen LogP contribution in [0.2, 0.25) is 0 Å². The molecule has 0 atom stereocenters. The van der Waals surface area contributed by atoms with E-state index in [2.05, 4.69) is 15.5 Å². The van der Waals surface area contributed by atoms with Gasteiger partial charge < -0.3 is 15.4 Å². The fraction of sp³-hybridized carbons (Fsp3) is 0.909. The number of unbranched alkanes of at least 4 members (excludes halogenated alkanes) is 1. The highest BCUT2D eigenvalue weighted by Crippen LogP contribution is 2.60. The van der Waals surface area contributed by atoms with Crippen molar-refractivity contribution in [2.45, 2.75) is 57.8 Å². The smallest absolute Gasteiger partial charge is 0.226 e. The van der Waals surface area contributed by atoms with Crippen molar-refractivity contribution in [3.63, 3.8) is 0 Å². The molecule has 5 fully saturated rings. The van der Waals surface area contributed by atoms with E-state index in [1.807, 2.05) is 0 Å². The van der Waals surface area contributed by atoms with Crippen molar-refractivity contribution in [3.05, 3.63) is 0 Å². The number of nitrogens with one attached hydrogen (secondary N) is 2. The molecule has 0 spiro atoms. The van der Waals surface area contributed by atoms with Gasteiger partial charge in [0.15, 0.2) is 0 Å². The van der Waals surface area contributed by atoms with Crippen LogP contribution in [0.25, 0.3) is 0 Å². The van der Waals surface area contributed by atoms with Crippen molar-refractivity contribution in [2.75, 3.05) is 45.9 Å². The molecule has 2 amide bonds. The molecule has 0 unspecified atom stereocenters. The third kappa shape index (κ3) is 4.88. The Kier molecular flexibility index (Phi) is 6.56. The van der Waals surface area contributed by atoms with Crippen molar-refractivity contribution in [2.24, 2.45) is 23.2 Å². The molecule has 4 saturated carbocycles. The zero-order valence-electron chi connectivity index (χ0n) is 17.2. The summed E-state index contributed by atoms with van der Waals surface area (Å²) in [5.74, 6) is 2.61. The molecule has 1 saturated heterocycles. The molecule has 5 rings (SSSR count). The summed E-state index contributed by atoms with van der Waals surface area (Å²) in [6.07, 6.45) is 9.79. The second-order valence-electron chi connectivity index (χ2n) is 9.71. The van der Waals surface area contributed by atoms with Crippen LogP contribution in [0.15, 0.2) is 0 Å². The third-order valence-corrected chi connectivity index (χ3v) is 7.48. The van der Waals surface area contributed by atoms with Gasteiger partial charge in [-0.15, -0.1) is 0 Å². The summed E-state index contributed by atoms with van der Waals surface area (Å²) in [6, 6.07) is 0. The maximum atomic E-state index is 12.9. The van der Waals surface area contributed by atoms with Gasteiger partial charge in [-0.05, 0) is 75.7 Å². The van der Waals surface area contributed by atoms with Crippen LogP contribution in [0.1, 0.15) is 57.8 Å². The summed E-state index contributed by atoms with van der Waals surface area (Å²) in [7, 11) is 0. The number of hydrogen-bond acceptors (Lipinski definition) is 4. The molecule has 0 radical (unpaired) electrons. The van der Waals surface area contributed by atoms with E-state index < -0.39 is 0 Å². The quantitative estimate of drug-likeness (QED) is 0.589. The SMILES string of the molecule is O=C(CCNC(=O)C12CC3CC(CC(C3)C1)C2)NCCCCN1CCOCC1. The number of nitrogens with zero attached hydrogens (tertiary/aromatic N) is 1. The van der Waals surface area contributed by atoms with Crippen molar-refractivity contribution >= 4 is 11.8 Å². The first-order valence-electron chi connectivity index (χ1n) is 11.5. The minimum atomic E-state index is -0.106. The number of ether oxygens (including phenoxy) is 1. The van der Waals surface area contributed by atoms with Gasteiger partial charge in [0, 0.05) is 38.0 Å². The zero-order valence-corrected chi connectivity index (χ0v) is 17.2. The summed E-state index contributed by atoms with van der Waals surface area (Å²) in [5, 5.41) is 6.09. The number of amides is 2.